The molecule has 20 heavy (non-hydrogen) atoms. The zero-order chi connectivity index (χ0) is 14.4. The highest BCUT2D eigenvalue weighted by atomic mass is 35.5. The summed E-state index contributed by atoms with van der Waals surface area (Å²) in [5.41, 5.74) is 9.28. The lowest BCUT2D eigenvalue weighted by atomic mass is 10.1. The van der Waals surface area contributed by atoms with Gasteiger partial charge in [-0.25, -0.2) is 0 Å². The molecule has 0 aliphatic carbocycles. The predicted molar refractivity (Wildman–Crippen MR) is 87.3 cm³/mol. The fourth-order valence-electron chi connectivity index (χ4n) is 1.93. The van der Waals surface area contributed by atoms with Crippen molar-refractivity contribution >= 4 is 23.4 Å². The smallest absolute Gasteiger partial charge is 0.122 e. The SMILES string of the molecule is COc1ccc(CN)cc1CSCc1ccc(Cl)cc1. The van der Waals surface area contributed by atoms with Gasteiger partial charge in [0.15, 0.2) is 0 Å². The maximum Gasteiger partial charge on any atom is 0.122 e. The Morgan fingerprint density at radius 2 is 1.75 bits per heavy atom. The third kappa shape index (κ3) is 4.17. The van der Waals surface area contributed by atoms with Crippen molar-refractivity contribution < 1.29 is 4.74 Å². The summed E-state index contributed by atoms with van der Waals surface area (Å²) < 4.78 is 5.39. The molecule has 106 valence electrons. The predicted octanol–water partition coefficient (Wildman–Crippen LogP) is 4.24. The Labute approximate surface area is 129 Å². The van der Waals surface area contributed by atoms with Crippen LogP contribution in [0.1, 0.15) is 16.7 Å². The minimum absolute atomic E-state index is 0.554. The van der Waals surface area contributed by atoms with Gasteiger partial charge in [-0.05, 0) is 35.4 Å². The number of nitrogens with two attached hydrogens (primary N) is 1. The first-order valence-electron chi connectivity index (χ1n) is 6.41. The fourth-order valence-corrected chi connectivity index (χ4v) is 3.03. The molecular formula is C16H18ClNOS. The van der Waals surface area contributed by atoms with Crippen LogP contribution in [0.5, 0.6) is 5.75 Å². The fraction of sp³-hybridized carbons (Fsp3) is 0.250. The average Bonchev–Trinajstić information content (AvgIpc) is 2.49. The van der Waals surface area contributed by atoms with Gasteiger partial charge >= 0.3 is 0 Å². The quantitative estimate of drug-likeness (QED) is 0.867. The van der Waals surface area contributed by atoms with Crippen molar-refractivity contribution in [1.82, 2.24) is 0 Å². The lowest BCUT2D eigenvalue weighted by molar-refractivity contribution is 0.411. The molecule has 0 radical (unpaired) electrons. The summed E-state index contributed by atoms with van der Waals surface area (Å²) >= 11 is 7.73. The maximum atomic E-state index is 5.88. The average molecular weight is 308 g/mol. The first kappa shape index (κ1) is 15.2. The number of hydrogen-bond donors (Lipinski definition) is 1. The molecule has 0 saturated heterocycles. The monoisotopic (exact) mass is 307 g/mol. The van der Waals surface area contributed by atoms with Crippen LogP contribution in [0.15, 0.2) is 42.5 Å². The van der Waals surface area contributed by atoms with Gasteiger partial charge in [0.05, 0.1) is 7.11 Å². The minimum atomic E-state index is 0.554. The molecule has 0 aliphatic rings. The molecule has 0 saturated carbocycles. The number of rotatable bonds is 6. The van der Waals surface area contributed by atoms with E-state index in [-0.39, 0.29) is 0 Å². The van der Waals surface area contributed by atoms with Gasteiger partial charge in [-0.1, -0.05) is 29.8 Å². The minimum Gasteiger partial charge on any atom is -0.496 e. The standard InChI is InChI=1S/C16H18ClNOS/c1-19-16-7-4-13(9-18)8-14(16)11-20-10-12-2-5-15(17)6-3-12/h2-8H,9-11,18H2,1H3. The Morgan fingerprint density at radius 3 is 2.40 bits per heavy atom. The van der Waals surface area contributed by atoms with E-state index >= 15 is 0 Å². The van der Waals surface area contributed by atoms with E-state index in [9.17, 15) is 0 Å². The summed E-state index contributed by atoms with van der Waals surface area (Å²) in [6.07, 6.45) is 0. The van der Waals surface area contributed by atoms with E-state index in [0.717, 1.165) is 27.8 Å². The molecule has 2 N–H and O–H groups in total. The van der Waals surface area contributed by atoms with Crippen LogP contribution in [0, 0.1) is 0 Å². The van der Waals surface area contributed by atoms with Gasteiger partial charge < -0.3 is 10.5 Å². The van der Waals surface area contributed by atoms with Crippen molar-refractivity contribution in [2.45, 2.75) is 18.1 Å². The highest BCUT2D eigenvalue weighted by Gasteiger charge is 2.04. The second-order valence-corrected chi connectivity index (χ2v) is 5.89. The summed E-state index contributed by atoms with van der Waals surface area (Å²) in [4.78, 5) is 0. The molecule has 0 amide bonds. The molecule has 0 heterocycles. The van der Waals surface area contributed by atoms with Crippen LogP contribution in [-0.2, 0) is 18.1 Å². The summed E-state index contributed by atoms with van der Waals surface area (Å²) in [6.45, 7) is 0.554. The number of hydrogen-bond acceptors (Lipinski definition) is 3. The summed E-state index contributed by atoms with van der Waals surface area (Å²) in [5, 5.41) is 0.774. The first-order valence-corrected chi connectivity index (χ1v) is 7.94. The van der Waals surface area contributed by atoms with Gasteiger partial charge in [0, 0.05) is 28.6 Å². The number of benzene rings is 2. The number of halogens is 1. The normalized spacial score (nSPS) is 10.6. The summed E-state index contributed by atoms with van der Waals surface area (Å²) in [6, 6.07) is 14.1. The Hall–Kier alpha value is -1.16. The van der Waals surface area contributed by atoms with Crippen LogP contribution in [0.4, 0.5) is 0 Å². The largest absolute Gasteiger partial charge is 0.496 e. The summed E-state index contributed by atoms with van der Waals surface area (Å²) in [5.74, 6) is 2.78. The highest BCUT2D eigenvalue weighted by molar-refractivity contribution is 7.97. The molecule has 0 atom stereocenters. The third-order valence-corrected chi connectivity index (χ3v) is 4.32. The Balaban J connectivity index is 1.97. The molecule has 0 bridgehead atoms. The van der Waals surface area contributed by atoms with Crippen LogP contribution < -0.4 is 10.5 Å². The van der Waals surface area contributed by atoms with Crippen molar-refractivity contribution in [3.63, 3.8) is 0 Å². The topological polar surface area (TPSA) is 35.2 Å². The maximum absolute atomic E-state index is 5.88. The van der Waals surface area contributed by atoms with E-state index in [4.69, 9.17) is 22.1 Å². The Kier molecular flexibility index (Phi) is 5.77. The molecule has 0 fully saturated rings. The van der Waals surface area contributed by atoms with Crippen LogP contribution in [0.25, 0.3) is 0 Å². The molecular weight excluding hydrogens is 290 g/mol. The van der Waals surface area contributed by atoms with E-state index in [1.807, 2.05) is 36.0 Å². The number of methoxy groups -OCH3 is 1. The van der Waals surface area contributed by atoms with Gasteiger partial charge in [-0.3, -0.25) is 0 Å². The van der Waals surface area contributed by atoms with Crippen molar-refractivity contribution in [2.75, 3.05) is 7.11 Å². The molecule has 0 aromatic heterocycles. The second-order valence-electron chi connectivity index (χ2n) is 4.47. The molecule has 2 aromatic carbocycles. The van der Waals surface area contributed by atoms with Crippen molar-refractivity contribution in [3.05, 3.63) is 64.2 Å². The van der Waals surface area contributed by atoms with Gasteiger partial charge in [-0.2, -0.15) is 11.8 Å². The van der Waals surface area contributed by atoms with Gasteiger partial charge in [0.25, 0.3) is 0 Å². The van der Waals surface area contributed by atoms with E-state index in [0.29, 0.717) is 6.54 Å². The van der Waals surface area contributed by atoms with E-state index < -0.39 is 0 Å². The van der Waals surface area contributed by atoms with E-state index in [1.54, 1.807) is 7.11 Å². The van der Waals surface area contributed by atoms with Crippen molar-refractivity contribution in [1.29, 1.82) is 0 Å². The van der Waals surface area contributed by atoms with Crippen LogP contribution in [0.3, 0.4) is 0 Å². The van der Waals surface area contributed by atoms with Crippen LogP contribution in [0.2, 0.25) is 5.02 Å². The summed E-state index contributed by atoms with van der Waals surface area (Å²) in [7, 11) is 1.70. The third-order valence-electron chi connectivity index (χ3n) is 3.02. The van der Waals surface area contributed by atoms with Crippen LogP contribution >= 0.6 is 23.4 Å². The first-order chi connectivity index (χ1) is 9.72. The van der Waals surface area contributed by atoms with Crippen molar-refractivity contribution in [2.24, 2.45) is 5.73 Å². The molecule has 2 rings (SSSR count). The molecule has 0 aliphatic heterocycles. The lowest BCUT2D eigenvalue weighted by Gasteiger charge is -2.10. The second kappa shape index (κ2) is 7.58. The Bertz CT molecular complexity index is 557. The van der Waals surface area contributed by atoms with Crippen molar-refractivity contribution in [3.8, 4) is 5.75 Å². The molecule has 0 spiro atoms. The van der Waals surface area contributed by atoms with Gasteiger partial charge in [-0.15, -0.1) is 0 Å². The van der Waals surface area contributed by atoms with Gasteiger partial charge in [0.1, 0.15) is 5.75 Å². The molecule has 4 heteroatoms. The molecule has 0 unspecified atom stereocenters. The van der Waals surface area contributed by atoms with Gasteiger partial charge in [0.2, 0.25) is 0 Å². The molecule has 2 nitrogen and oxygen atoms in total. The highest BCUT2D eigenvalue weighted by Crippen LogP contribution is 2.26. The zero-order valence-electron chi connectivity index (χ0n) is 11.4. The van der Waals surface area contributed by atoms with Crippen LogP contribution in [-0.4, -0.2) is 7.11 Å². The Morgan fingerprint density at radius 1 is 1.05 bits per heavy atom. The number of ether oxygens (including phenoxy) is 1. The lowest BCUT2D eigenvalue weighted by Crippen LogP contribution is -1.99. The number of thioether (sulfide) groups is 1. The van der Waals surface area contributed by atoms with E-state index in [2.05, 4.69) is 18.2 Å². The zero-order valence-corrected chi connectivity index (χ0v) is 13.0. The molecule has 2 aromatic rings. The van der Waals surface area contributed by atoms with E-state index in [1.165, 1.54) is 11.1 Å².